The van der Waals surface area contributed by atoms with E-state index in [-0.39, 0.29) is 4.90 Å². The van der Waals surface area contributed by atoms with Crippen LogP contribution in [0.4, 0.5) is 0 Å². The minimum Gasteiger partial charge on any atom is -0.305 e. The van der Waals surface area contributed by atoms with E-state index in [2.05, 4.69) is 28.0 Å². The standard InChI is InChI=1S/C29H36N6O2S/c1-32-13-6-14-34(16-15-32)25-11-9-22(10-12-25)23-17-27-28(24-19-31-33(2)20-24)21-35(29(27)30-18-23)38(36,37)26-7-4-3-5-8-26/h3-5,7-8,17-22,25H,6,9-16H2,1-2H3/t22-,25-. The molecule has 0 N–H and O–H groups in total. The van der Waals surface area contributed by atoms with Crippen LogP contribution < -0.4 is 0 Å². The summed E-state index contributed by atoms with van der Waals surface area (Å²) in [6, 6.07) is 11.4. The van der Waals surface area contributed by atoms with Crippen molar-refractivity contribution in [2.24, 2.45) is 7.05 Å². The number of aromatic nitrogens is 4. The second-order valence-corrected chi connectivity index (χ2v) is 12.7. The predicted molar refractivity (Wildman–Crippen MR) is 150 cm³/mol. The van der Waals surface area contributed by atoms with E-state index in [0.717, 1.165) is 42.4 Å². The van der Waals surface area contributed by atoms with Crippen LogP contribution in [-0.2, 0) is 17.1 Å². The van der Waals surface area contributed by atoms with Gasteiger partial charge in [-0.1, -0.05) is 18.2 Å². The maximum absolute atomic E-state index is 13.6. The Bertz CT molecular complexity index is 1520. The molecule has 0 bridgehead atoms. The molecule has 0 unspecified atom stereocenters. The summed E-state index contributed by atoms with van der Waals surface area (Å²) in [6.45, 7) is 4.71. The SMILES string of the molecule is CN1CCCN([C@H]2CC[C@H](c3cnc4c(c3)c(-c3cnn(C)c3)cn4S(=O)(=O)c3ccccc3)CC2)CC1. The number of nitrogens with zero attached hydrogens (tertiary/aromatic N) is 6. The maximum atomic E-state index is 13.6. The molecule has 1 aliphatic heterocycles. The quantitative estimate of drug-likeness (QED) is 0.381. The average Bonchev–Trinajstić information content (AvgIpc) is 3.47. The van der Waals surface area contributed by atoms with Crippen LogP contribution in [0.1, 0.15) is 43.6 Å². The van der Waals surface area contributed by atoms with Crippen molar-refractivity contribution in [3.8, 4) is 11.1 Å². The van der Waals surface area contributed by atoms with Crippen LogP contribution in [0.25, 0.3) is 22.2 Å². The number of pyridine rings is 1. The van der Waals surface area contributed by atoms with E-state index in [0.29, 0.717) is 17.6 Å². The third-order valence-electron chi connectivity index (χ3n) is 8.39. The molecule has 0 amide bonds. The lowest BCUT2D eigenvalue weighted by Gasteiger charge is -2.36. The molecule has 2 aliphatic rings. The van der Waals surface area contributed by atoms with E-state index < -0.39 is 10.0 Å². The summed E-state index contributed by atoms with van der Waals surface area (Å²) in [5.41, 5.74) is 3.38. The number of hydrogen-bond donors (Lipinski definition) is 0. The number of rotatable bonds is 5. The first-order chi connectivity index (χ1) is 18.4. The van der Waals surface area contributed by atoms with Crippen LogP contribution in [0.15, 0.2) is 66.1 Å². The number of benzene rings is 1. The van der Waals surface area contributed by atoms with Gasteiger partial charge in [0.15, 0.2) is 5.65 Å². The fourth-order valence-corrected chi connectivity index (χ4v) is 7.55. The smallest absolute Gasteiger partial charge is 0.269 e. The van der Waals surface area contributed by atoms with Crippen molar-refractivity contribution >= 4 is 21.1 Å². The van der Waals surface area contributed by atoms with E-state index in [1.54, 1.807) is 41.3 Å². The highest BCUT2D eigenvalue weighted by atomic mass is 32.2. The molecule has 6 rings (SSSR count). The minimum absolute atomic E-state index is 0.249. The lowest BCUT2D eigenvalue weighted by molar-refractivity contribution is 0.154. The van der Waals surface area contributed by atoms with Crippen LogP contribution in [0.5, 0.6) is 0 Å². The monoisotopic (exact) mass is 532 g/mol. The molecule has 1 saturated carbocycles. The maximum Gasteiger partial charge on any atom is 0.269 e. The highest BCUT2D eigenvalue weighted by molar-refractivity contribution is 7.90. The molecule has 0 radical (unpaired) electrons. The highest BCUT2D eigenvalue weighted by Gasteiger charge is 2.29. The zero-order chi connectivity index (χ0) is 26.3. The molecule has 1 aliphatic carbocycles. The summed E-state index contributed by atoms with van der Waals surface area (Å²) in [6.07, 6.45) is 13.2. The summed E-state index contributed by atoms with van der Waals surface area (Å²) in [7, 11) is 0.300. The van der Waals surface area contributed by atoms with Gasteiger partial charge < -0.3 is 4.90 Å². The molecule has 4 heterocycles. The molecule has 200 valence electrons. The van der Waals surface area contributed by atoms with Gasteiger partial charge in [-0.3, -0.25) is 9.58 Å². The summed E-state index contributed by atoms with van der Waals surface area (Å²) < 4.78 is 30.3. The first-order valence-corrected chi connectivity index (χ1v) is 15.1. The lowest BCUT2D eigenvalue weighted by atomic mass is 9.81. The van der Waals surface area contributed by atoms with E-state index >= 15 is 0 Å². The van der Waals surface area contributed by atoms with Gasteiger partial charge in [0.1, 0.15) is 0 Å². The lowest BCUT2D eigenvalue weighted by Crippen LogP contribution is -2.40. The highest BCUT2D eigenvalue weighted by Crippen LogP contribution is 2.38. The van der Waals surface area contributed by atoms with Gasteiger partial charge in [-0.05, 0) is 81.9 Å². The van der Waals surface area contributed by atoms with Crippen molar-refractivity contribution in [2.75, 3.05) is 33.2 Å². The minimum atomic E-state index is -3.79. The number of fused-ring (bicyclic) bond motifs is 1. The number of likely N-dealkylation sites (N-methyl/N-ethyl adjacent to an activating group) is 1. The van der Waals surface area contributed by atoms with Crippen molar-refractivity contribution in [1.29, 1.82) is 0 Å². The Morgan fingerprint density at radius 2 is 1.68 bits per heavy atom. The number of aryl methyl sites for hydroxylation is 1. The van der Waals surface area contributed by atoms with Gasteiger partial charge in [-0.15, -0.1) is 0 Å². The Morgan fingerprint density at radius 1 is 0.895 bits per heavy atom. The second-order valence-electron chi connectivity index (χ2n) is 10.9. The summed E-state index contributed by atoms with van der Waals surface area (Å²) in [5.74, 6) is 0.439. The van der Waals surface area contributed by atoms with Crippen LogP contribution in [0.3, 0.4) is 0 Å². The fraction of sp³-hybridized carbons (Fsp3) is 0.448. The van der Waals surface area contributed by atoms with Gasteiger partial charge in [0.05, 0.1) is 11.1 Å². The molecule has 8 nitrogen and oxygen atoms in total. The number of hydrogen-bond acceptors (Lipinski definition) is 6. The molecule has 0 atom stereocenters. The Hall–Kier alpha value is -3.01. The third-order valence-corrected chi connectivity index (χ3v) is 10.1. The normalized spacial score (nSPS) is 22.1. The van der Waals surface area contributed by atoms with Gasteiger partial charge in [-0.2, -0.15) is 5.10 Å². The van der Waals surface area contributed by atoms with Crippen molar-refractivity contribution in [3.05, 3.63) is 66.7 Å². The van der Waals surface area contributed by atoms with Gasteiger partial charge in [-0.25, -0.2) is 17.4 Å². The van der Waals surface area contributed by atoms with Gasteiger partial charge in [0.2, 0.25) is 0 Å². The molecule has 2 fully saturated rings. The summed E-state index contributed by atoms with van der Waals surface area (Å²) in [4.78, 5) is 10.2. The molecule has 0 spiro atoms. The molecule has 38 heavy (non-hydrogen) atoms. The Morgan fingerprint density at radius 3 is 2.42 bits per heavy atom. The molecule has 1 saturated heterocycles. The van der Waals surface area contributed by atoms with E-state index in [4.69, 9.17) is 4.98 Å². The third kappa shape index (κ3) is 4.79. The van der Waals surface area contributed by atoms with Crippen LogP contribution in [0, 0.1) is 0 Å². The molecular formula is C29H36N6O2S. The van der Waals surface area contributed by atoms with Gasteiger partial charge >= 0.3 is 0 Å². The molecule has 1 aromatic carbocycles. The summed E-state index contributed by atoms with van der Waals surface area (Å²) in [5, 5.41) is 5.19. The van der Waals surface area contributed by atoms with Crippen molar-refractivity contribution in [1.82, 2.24) is 28.5 Å². The Labute approximate surface area is 224 Å². The fourth-order valence-electron chi connectivity index (χ4n) is 6.20. The van der Waals surface area contributed by atoms with Gasteiger partial charge in [0, 0.05) is 61.3 Å². The van der Waals surface area contributed by atoms with Crippen LogP contribution >= 0.6 is 0 Å². The van der Waals surface area contributed by atoms with Crippen molar-refractivity contribution in [3.63, 3.8) is 0 Å². The summed E-state index contributed by atoms with van der Waals surface area (Å²) >= 11 is 0. The zero-order valence-corrected chi connectivity index (χ0v) is 23.0. The van der Waals surface area contributed by atoms with Crippen molar-refractivity contribution in [2.45, 2.75) is 49.0 Å². The van der Waals surface area contributed by atoms with E-state index in [9.17, 15) is 8.42 Å². The zero-order valence-electron chi connectivity index (χ0n) is 22.2. The largest absolute Gasteiger partial charge is 0.305 e. The van der Waals surface area contributed by atoms with E-state index in [1.807, 2.05) is 25.5 Å². The second kappa shape index (κ2) is 10.3. The molecule has 9 heteroatoms. The van der Waals surface area contributed by atoms with E-state index in [1.165, 1.54) is 41.9 Å². The Kier molecular flexibility index (Phi) is 6.84. The Balaban J connectivity index is 1.32. The molecule has 4 aromatic rings. The molecule has 3 aromatic heterocycles. The van der Waals surface area contributed by atoms with Crippen LogP contribution in [-0.4, -0.2) is 76.2 Å². The van der Waals surface area contributed by atoms with Crippen LogP contribution in [0.2, 0.25) is 0 Å². The molecular weight excluding hydrogens is 496 g/mol. The van der Waals surface area contributed by atoms with Gasteiger partial charge in [0.25, 0.3) is 10.0 Å². The topological polar surface area (TPSA) is 76.3 Å². The predicted octanol–water partition coefficient (Wildman–Crippen LogP) is 4.34. The van der Waals surface area contributed by atoms with Crippen molar-refractivity contribution < 1.29 is 8.42 Å². The average molecular weight is 533 g/mol. The first kappa shape index (κ1) is 25.3. The first-order valence-electron chi connectivity index (χ1n) is 13.6.